The summed E-state index contributed by atoms with van der Waals surface area (Å²) >= 11 is 0. The molecular weight excluding hydrogens is 328 g/mol. The molecule has 0 aliphatic carbocycles. The van der Waals surface area contributed by atoms with Crippen molar-refractivity contribution in [2.24, 2.45) is 0 Å². The van der Waals surface area contributed by atoms with E-state index in [0.29, 0.717) is 5.56 Å². The van der Waals surface area contributed by atoms with Crippen LogP contribution in [0.2, 0.25) is 0 Å². The van der Waals surface area contributed by atoms with Gasteiger partial charge in [0, 0.05) is 30.5 Å². The van der Waals surface area contributed by atoms with E-state index in [1.54, 1.807) is 12.1 Å². The number of carboxylic acid groups (broad SMARTS) is 1. The summed E-state index contributed by atoms with van der Waals surface area (Å²) in [5, 5.41) is 9.24. The minimum Gasteiger partial charge on any atom is -0.478 e. The lowest BCUT2D eigenvalue weighted by molar-refractivity contribution is 0.0692. The quantitative estimate of drug-likeness (QED) is 0.640. The molecule has 1 aromatic carbocycles. The van der Waals surface area contributed by atoms with Crippen LogP contribution in [-0.2, 0) is 0 Å². The molecule has 26 heavy (non-hydrogen) atoms. The third-order valence-corrected chi connectivity index (χ3v) is 4.31. The van der Waals surface area contributed by atoms with Crippen molar-refractivity contribution in [1.82, 2.24) is 4.98 Å². The first-order chi connectivity index (χ1) is 12.6. The monoisotopic (exact) mass is 354 g/mol. The second-order valence-corrected chi connectivity index (χ2v) is 6.27. The number of unbranched alkanes of at least 4 members (excludes halogenated alkanes) is 2. The van der Waals surface area contributed by atoms with E-state index in [0.717, 1.165) is 44.5 Å². The Labute approximate surface area is 154 Å². The summed E-state index contributed by atoms with van der Waals surface area (Å²) < 4.78 is 0. The molecule has 1 heterocycles. The molecule has 0 atom stereocenters. The fraction of sp³-hybridized carbons (Fsp3) is 0.381. The first-order valence-electron chi connectivity index (χ1n) is 9.16. The van der Waals surface area contributed by atoms with Crippen LogP contribution < -0.4 is 4.90 Å². The summed E-state index contributed by atoms with van der Waals surface area (Å²) in [6.07, 6.45) is 5.96. The number of hydrogen-bond acceptors (Lipinski definition) is 4. The van der Waals surface area contributed by atoms with Crippen molar-refractivity contribution in [3.05, 3.63) is 59.4 Å². The van der Waals surface area contributed by atoms with Crippen LogP contribution in [0.3, 0.4) is 0 Å². The predicted octanol–water partition coefficient (Wildman–Crippen LogP) is 4.42. The zero-order chi connectivity index (χ0) is 18.9. The van der Waals surface area contributed by atoms with Crippen LogP contribution in [0.5, 0.6) is 0 Å². The Balaban J connectivity index is 2.22. The molecule has 1 aromatic heterocycles. The van der Waals surface area contributed by atoms with E-state index in [1.807, 2.05) is 12.1 Å². The van der Waals surface area contributed by atoms with Crippen LogP contribution in [0.15, 0.2) is 42.6 Å². The molecule has 2 rings (SSSR count). The highest BCUT2D eigenvalue weighted by Crippen LogP contribution is 2.19. The summed E-state index contributed by atoms with van der Waals surface area (Å²) in [6.45, 7) is 6.33. The Morgan fingerprint density at radius 1 is 1.00 bits per heavy atom. The van der Waals surface area contributed by atoms with E-state index in [1.165, 1.54) is 18.3 Å². The number of nitrogens with zero attached hydrogens (tertiary/aromatic N) is 2. The van der Waals surface area contributed by atoms with Gasteiger partial charge in [-0.3, -0.25) is 9.78 Å². The summed E-state index contributed by atoms with van der Waals surface area (Å²) in [7, 11) is 0. The van der Waals surface area contributed by atoms with Crippen molar-refractivity contribution in [1.29, 1.82) is 0 Å². The topological polar surface area (TPSA) is 70.5 Å². The molecule has 0 spiro atoms. The van der Waals surface area contributed by atoms with Gasteiger partial charge in [-0.15, -0.1) is 0 Å². The zero-order valence-electron chi connectivity index (χ0n) is 15.4. The van der Waals surface area contributed by atoms with Crippen molar-refractivity contribution in [2.75, 3.05) is 18.0 Å². The lowest BCUT2D eigenvalue weighted by Crippen LogP contribution is -2.25. The number of pyridine rings is 1. The molecule has 0 bridgehead atoms. The number of ketones is 1. The Morgan fingerprint density at radius 2 is 1.62 bits per heavy atom. The van der Waals surface area contributed by atoms with Crippen molar-refractivity contribution in [3.8, 4) is 0 Å². The highest BCUT2D eigenvalue weighted by atomic mass is 16.4. The fourth-order valence-corrected chi connectivity index (χ4v) is 2.79. The van der Waals surface area contributed by atoms with Crippen LogP contribution in [0, 0.1) is 0 Å². The highest BCUT2D eigenvalue weighted by molar-refractivity contribution is 6.13. The maximum atomic E-state index is 12.7. The molecule has 2 aromatic rings. The highest BCUT2D eigenvalue weighted by Gasteiger charge is 2.19. The van der Waals surface area contributed by atoms with Gasteiger partial charge in [0.1, 0.15) is 5.69 Å². The number of carbonyl (C=O) groups is 2. The average Bonchev–Trinajstić information content (AvgIpc) is 2.67. The van der Waals surface area contributed by atoms with E-state index in [4.69, 9.17) is 0 Å². The van der Waals surface area contributed by atoms with E-state index in [2.05, 4.69) is 23.7 Å². The number of rotatable bonds is 10. The Hall–Kier alpha value is -2.69. The Kier molecular flexibility index (Phi) is 7.33. The predicted molar refractivity (Wildman–Crippen MR) is 103 cm³/mol. The molecule has 0 unspecified atom stereocenters. The maximum Gasteiger partial charge on any atom is 0.338 e. The largest absolute Gasteiger partial charge is 0.478 e. The fourth-order valence-electron chi connectivity index (χ4n) is 2.79. The van der Waals surface area contributed by atoms with Crippen molar-refractivity contribution in [2.45, 2.75) is 39.5 Å². The molecule has 138 valence electrons. The van der Waals surface area contributed by atoms with Gasteiger partial charge in [0.15, 0.2) is 0 Å². The number of carboxylic acids is 1. The first kappa shape index (κ1) is 19.6. The second kappa shape index (κ2) is 9.70. The average molecular weight is 354 g/mol. The van der Waals surface area contributed by atoms with Gasteiger partial charge in [-0.1, -0.05) is 26.7 Å². The van der Waals surface area contributed by atoms with Crippen molar-refractivity contribution < 1.29 is 14.7 Å². The molecule has 1 N–H and O–H groups in total. The van der Waals surface area contributed by atoms with E-state index < -0.39 is 5.97 Å². The molecular formula is C21H26N2O3. The van der Waals surface area contributed by atoms with Crippen molar-refractivity contribution in [3.63, 3.8) is 0 Å². The minimum absolute atomic E-state index is 0.0263. The Bertz CT molecular complexity index is 733. The van der Waals surface area contributed by atoms with E-state index in [-0.39, 0.29) is 17.0 Å². The number of benzene rings is 1. The summed E-state index contributed by atoms with van der Waals surface area (Å²) in [5.41, 5.74) is 1.43. The van der Waals surface area contributed by atoms with Crippen LogP contribution in [-0.4, -0.2) is 34.9 Å². The molecule has 0 saturated carbocycles. The summed E-state index contributed by atoms with van der Waals surface area (Å²) in [6, 6.07) is 10.3. The van der Waals surface area contributed by atoms with Gasteiger partial charge in [0.05, 0.1) is 5.56 Å². The molecule has 5 nitrogen and oxygen atoms in total. The first-order valence-corrected chi connectivity index (χ1v) is 9.16. The SMILES string of the molecule is CCCCN(CCCC)c1ccc(C(=O)c2ncccc2C(=O)O)cc1. The molecule has 0 saturated heterocycles. The van der Waals surface area contributed by atoms with Crippen LogP contribution in [0.4, 0.5) is 5.69 Å². The smallest absolute Gasteiger partial charge is 0.338 e. The van der Waals surface area contributed by atoms with Gasteiger partial charge >= 0.3 is 5.97 Å². The molecule has 0 aliphatic rings. The molecule has 0 fully saturated rings. The lowest BCUT2D eigenvalue weighted by atomic mass is 10.0. The molecule has 0 aliphatic heterocycles. The molecule has 0 radical (unpaired) electrons. The lowest BCUT2D eigenvalue weighted by Gasteiger charge is -2.24. The normalized spacial score (nSPS) is 10.5. The van der Waals surface area contributed by atoms with Gasteiger partial charge in [-0.05, 0) is 49.2 Å². The van der Waals surface area contributed by atoms with Gasteiger partial charge in [-0.25, -0.2) is 4.79 Å². The number of hydrogen-bond donors (Lipinski definition) is 1. The van der Waals surface area contributed by atoms with Gasteiger partial charge in [0.25, 0.3) is 0 Å². The summed E-state index contributed by atoms with van der Waals surface area (Å²) in [5.74, 6) is -1.52. The third kappa shape index (κ3) is 4.91. The number of aromatic carboxylic acids is 1. The van der Waals surface area contributed by atoms with Gasteiger partial charge in [0.2, 0.25) is 5.78 Å². The number of anilines is 1. The van der Waals surface area contributed by atoms with Crippen LogP contribution >= 0.6 is 0 Å². The van der Waals surface area contributed by atoms with E-state index >= 15 is 0 Å². The second-order valence-electron chi connectivity index (χ2n) is 6.27. The van der Waals surface area contributed by atoms with Crippen LogP contribution in [0.1, 0.15) is 65.9 Å². The number of carbonyl (C=O) groups excluding carboxylic acids is 1. The minimum atomic E-state index is -1.15. The van der Waals surface area contributed by atoms with E-state index in [9.17, 15) is 14.7 Å². The van der Waals surface area contributed by atoms with Gasteiger partial charge in [-0.2, -0.15) is 0 Å². The molecule has 5 heteroatoms. The van der Waals surface area contributed by atoms with Crippen molar-refractivity contribution >= 4 is 17.4 Å². The maximum absolute atomic E-state index is 12.7. The Morgan fingerprint density at radius 3 is 2.15 bits per heavy atom. The van der Waals surface area contributed by atoms with Gasteiger partial charge < -0.3 is 10.0 Å². The third-order valence-electron chi connectivity index (χ3n) is 4.31. The summed E-state index contributed by atoms with van der Waals surface area (Å²) in [4.78, 5) is 30.3. The standard InChI is InChI=1S/C21H26N2O3/c1-3-5-14-23(15-6-4-2)17-11-9-16(10-12-17)20(24)19-18(21(25)26)8-7-13-22-19/h7-13H,3-6,14-15H2,1-2H3,(H,25,26). The van der Waals surface area contributed by atoms with Crippen LogP contribution in [0.25, 0.3) is 0 Å². The zero-order valence-corrected chi connectivity index (χ0v) is 15.4. The molecule has 0 amide bonds. The number of aromatic nitrogens is 1.